The molecule has 1 heterocycles. The highest BCUT2D eigenvalue weighted by Gasteiger charge is 2.13. The van der Waals surface area contributed by atoms with Gasteiger partial charge in [0.05, 0.1) is 0 Å². The van der Waals surface area contributed by atoms with Gasteiger partial charge in [-0.25, -0.2) is 0 Å². The van der Waals surface area contributed by atoms with Gasteiger partial charge in [0.1, 0.15) is 5.69 Å². The van der Waals surface area contributed by atoms with E-state index in [4.69, 9.17) is 0 Å². The number of nitrogens with zero attached hydrogens (tertiary/aromatic N) is 2. The minimum absolute atomic E-state index is 0.183. The smallest absolute Gasteiger partial charge is 0.180 e. The van der Waals surface area contributed by atoms with Crippen molar-refractivity contribution in [2.24, 2.45) is 0 Å². The summed E-state index contributed by atoms with van der Waals surface area (Å²) < 4.78 is 1.80. The highest BCUT2D eigenvalue weighted by atomic mass is 16.1. The summed E-state index contributed by atoms with van der Waals surface area (Å²) in [5.41, 5.74) is 2.01. The molecule has 0 aliphatic heterocycles. The Balaban J connectivity index is 1.89. The molecule has 0 radical (unpaired) electrons. The Morgan fingerprint density at radius 1 is 1.21 bits per heavy atom. The van der Waals surface area contributed by atoms with Crippen LogP contribution < -0.4 is 0 Å². The Hall–Kier alpha value is -1.90. The number of hydrogen-bond acceptors (Lipinski definition) is 2. The van der Waals surface area contributed by atoms with Crippen LogP contribution in [0.4, 0.5) is 0 Å². The van der Waals surface area contributed by atoms with Crippen LogP contribution >= 0.6 is 0 Å². The van der Waals surface area contributed by atoms with E-state index in [0.717, 1.165) is 18.5 Å². The number of aromatic nitrogens is 2. The van der Waals surface area contributed by atoms with E-state index in [0.29, 0.717) is 6.42 Å². The molecule has 2 aromatic rings. The quantitative estimate of drug-likeness (QED) is 0.739. The molecule has 0 saturated heterocycles. The van der Waals surface area contributed by atoms with Crippen molar-refractivity contribution < 1.29 is 4.79 Å². The lowest BCUT2D eigenvalue weighted by molar-refractivity contribution is 0.0968. The molecule has 2 rings (SSSR count). The third kappa shape index (κ3) is 3.53. The van der Waals surface area contributed by atoms with Gasteiger partial charge in [-0.2, -0.15) is 5.10 Å². The Morgan fingerprint density at radius 2 is 1.95 bits per heavy atom. The van der Waals surface area contributed by atoms with Crippen LogP contribution in [0.25, 0.3) is 0 Å². The van der Waals surface area contributed by atoms with Crippen molar-refractivity contribution in [3.05, 3.63) is 53.9 Å². The van der Waals surface area contributed by atoms with Crippen molar-refractivity contribution in [3.8, 4) is 0 Å². The number of aryl methyl sites for hydroxylation is 1. The van der Waals surface area contributed by atoms with E-state index in [2.05, 4.69) is 17.2 Å². The molecule has 100 valence electrons. The highest BCUT2D eigenvalue weighted by molar-refractivity contribution is 5.94. The monoisotopic (exact) mass is 256 g/mol. The molecule has 0 fully saturated rings. The predicted molar refractivity (Wildman–Crippen MR) is 76.3 cm³/mol. The zero-order valence-corrected chi connectivity index (χ0v) is 11.5. The lowest BCUT2D eigenvalue weighted by atomic mass is 10.1. The fourth-order valence-electron chi connectivity index (χ4n) is 2.17. The molecule has 0 N–H and O–H groups in total. The second kappa shape index (κ2) is 6.32. The molecule has 3 nitrogen and oxygen atoms in total. The highest BCUT2D eigenvalue weighted by Crippen LogP contribution is 2.12. The number of carbonyl (C=O) groups is 1. The molecular formula is C16H20N2O. The van der Waals surface area contributed by atoms with Gasteiger partial charge in [0.25, 0.3) is 0 Å². The fourth-order valence-corrected chi connectivity index (χ4v) is 2.17. The number of carbonyl (C=O) groups excluding carboxylic acids is 1. The van der Waals surface area contributed by atoms with Crippen LogP contribution in [0.1, 0.15) is 48.8 Å². The zero-order chi connectivity index (χ0) is 13.7. The predicted octanol–water partition coefficient (Wildman–Crippen LogP) is 3.67. The van der Waals surface area contributed by atoms with Gasteiger partial charge < -0.3 is 0 Å². The largest absolute Gasteiger partial charge is 0.292 e. The van der Waals surface area contributed by atoms with E-state index in [9.17, 15) is 4.79 Å². The SMILES string of the molecule is CC(C)n1nccc1C(=O)CCCc1ccccc1. The van der Waals surface area contributed by atoms with Gasteiger partial charge in [-0.3, -0.25) is 9.48 Å². The van der Waals surface area contributed by atoms with Gasteiger partial charge in [0.2, 0.25) is 0 Å². The summed E-state index contributed by atoms with van der Waals surface area (Å²) in [6.07, 6.45) is 4.10. The molecule has 0 amide bonds. The summed E-state index contributed by atoms with van der Waals surface area (Å²) in [5, 5.41) is 4.20. The maximum Gasteiger partial charge on any atom is 0.180 e. The fraction of sp³-hybridized carbons (Fsp3) is 0.375. The van der Waals surface area contributed by atoms with E-state index < -0.39 is 0 Å². The minimum Gasteiger partial charge on any atom is -0.292 e. The summed E-state index contributed by atoms with van der Waals surface area (Å²) >= 11 is 0. The number of hydrogen-bond donors (Lipinski definition) is 0. The number of rotatable bonds is 6. The number of benzene rings is 1. The van der Waals surface area contributed by atoms with Gasteiger partial charge in [-0.1, -0.05) is 30.3 Å². The van der Waals surface area contributed by atoms with Crippen molar-refractivity contribution in [1.82, 2.24) is 9.78 Å². The van der Waals surface area contributed by atoms with Crippen molar-refractivity contribution in [1.29, 1.82) is 0 Å². The van der Waals surface area contributed by atoms with Crippen LogP contribution in [0.15, 0.2) is 42.6 Å². The van der Waals surface area contributed by atoms with Crippen molar-refractivity contribution in [3.63, 3.8) is 0 Å². The lowest BCUT2D eigenvalue weighted by Gasteiger charge is -2.09. The molecule has 0 saturated carbocycles. The van der Waals surface area contributed by atoms with Crippen LogP contribution in [0.5, 0.6) is 0 Å². The van der Waals surface area contributed by atoms with Crippen LogP contribution in [0.3, 0.4) is 0 Å². The zero-order valence-electron chi connectivity index (χ0n) is 11.5. The minimum atomic E-state index is 0.183. The van der Waals surface area contributed by atoms with Crippen LogP contribution in [-0.4, -0.2) is 15.6 Å². The average molecular weight is 256 g/mol. The Labute approximate surface area is 114 Å². The first kappa shape index (κ1) is 13.5. The van der Waals surface area contributed by atoms with Gasteiger partial charge >= 0.3 is 0 Å². The number of Topliss-reactive ketones (excluding diaryl/α,β-unsaturated/α-hetero) is 1. The molecule has 3 heteroatoms. The van der Waals surface area contributed by atoms with Gasteiger partial charge in [-0.05, 0) is 38.3 Å². The summed E-state index contributed by atoms with van der Waals surface area (Å²) in [7, 11) is 0. The van der Waals surface area contributed by atoms with E-state index in [1.165, 1.54) is 5.56 Å². The molecule has 0 bridgehead atoms. The lowest BCUT2D eigenvalue weighted by Crippen LogP contribution is -2.12. The molecular weight excluding hydrogens is 236 g/mol. The van der Waals surface area contributed by atoms with Crippen LogP contribution in [0.2, 0.25) is 0 Å². The standard InChI is InChI=1S/C16H20N2O/c1-13(2)18-15(11-12-17-18)16(19)10-6-9-14-7-4-3-5-8-14/h3-5,7-8,11-13H,6,9-10H2,1-2H3. The van der Waals surface area contributed by atoms with Crippen molar-refractivity contribution in [2.45, 2.75) is 39.2 Å². The molecule has 0 unspecified atom stereocenters. The molecule has 19 heavy (non-hydrogen) atoms. The Bertz CT molecular complexity index is 529. The topological polar surface area (TPSA) is 34.9 Å². The second-order valence-electron chi connectivity index (χ2n) is 5.02. The molecule has 1 aromatic heterocycles. The summed E-state index contributed by atoms with van der Waals surface area (Å²) in [5.74, 6) is 0.183. The Kier molecular flexibility index (Phi) is 4.50. The molecule has 0 aliphatic rings. The van der Waals surface area contributed by atoms with E-state index in [1.807, 2.05) is 38.1 Å². The third-order valence-corrected chi connectivity index (χ3v) is 3.16. The first-order valence-corrected chi connectivity index (χ1v) is 6.79. The molecule has 1 aromatic carbocycles. The van der Waals surface area contributed by atoms with Crippen LogP contribution in [-0.2, 0) is 6.42 Å². The molecule has 0 atom stereocenters. The summed E-state index contributed by atoms with van der Waals surface area (Å²) in [6.45, 7) is 4.07. The van der Waals surface area contributed by atoms with Crippen molar-refractivity contribution in [2.75, 3.05) is 0 Å². The van der Waals surface area contributed by atoms with E-state index in [-0.39, 0.29) is 11.8 Å². The van der Waals surface area contributed by atoms with E-state index in [1.54, 1.807) is 10.9 Å². The first-order chi connectivity index (χ1) is 9.18. The third-order valence-electron chi connectivity index (χ3n) is 3.16. The average Bonchev–Trinajstić information content (AvgIpc) is 2.89. The van der Waals surface area contributed by atoms with Gasteiger partial charge in [0.15, 0.2) is 5.78 Å². The van der Waals surface area contributed by atoms with Gasteiger partial charge in [0, 0.05) is 18.7 Å². The normalized spacial score (nSPS) is 10.9. The number of ketones is 1. The second-order valence-corrected chi connectivity index (χ2v) is 5.02. The summed E-state index contributed by atoms with van der Waals surface area (Å²) in [6, 6.07) is 12.3. The Morgan fingerprint density at radius 3 is 2.63 bits per heavy atom. The summed E-state index contributed by atoms with van der Waals surface area (Å²) in [4.78, 5) is 12.2. The van der Waals surface area contributed by atoms with E-state index >= 15 is 0 Å². The van der Waals surface area contributed by atoms with Gasteiger partial charge in [-0.15, -0.1) is 0 Å². The van der Waals surface area contributed by atoms with Crippen LogP contribution in [0, 0.1) is 0 Å². The van der Waals surface area contributed by atoms with Crippen molar-refractivity contribution >= 4 is 5.78 Å². The maximum atomic E-state index is 12.2. The first-order valence-electron chi connectivity index (χ1n) is 6.79. The maximum absolute atomic E-state index is 12.2. The molecule has 0 aliphatic carbocycles. The molecule has 0 spiro atoms.